The summed E-state index contributed by atoms with van der Waals surface area (Å²) in [6, 6.07) is 0. The molecule has 0 radical (unpaired) electrons. The highest BCUT2D eigenvalue weighted by molar-refractivity contribution is 6.70. The van der Waals surface area contributed by atoms with E-state index in [0.717, 1.165) is 5.76 Å². The Kier molecular flexibility index (Phi) is 4.04. The number of rotatable bonds is 4. The van der Waals surface area contributed by atoms with Crippen molar-refractivity contribution in [3.8, 4) is 0 Å². The fourth-order valence-corrected chi connectivity index (χ4v) is 2.95. The SMILES string of the molecule is COC1C=C(O[Si](C)(C)C)CCC1(C)C(=O)O. The molecule has 0 aromatic rings. The molecule has 1 rings (SSSR count). The number of carboxylic acids is 1. The average molecular weight is 258 g/mol. The molecule has 4 nitrogen and oxygen atoms in total. The first-order valence-corrected chi connectivity index (χ1v) is 9.26. The van der Waals surface area contributed by atoms with Gasteiger partial charge in [0.1, 0.15) is 0 Å². The molecule has 1 aliphatic rings. The predicted octanol–water partition coefficient (Wildman–Crippen LogP) is 2.62. The zero-order valence-corrected chi connectivity index (χ0v) is 12.2. The van der Waals surface area contributed by atoms with Gasteiger partial charge in [-0.15, -0.1) is 0 Å². The van der Waals surface area contributed by atoms with Crippen LogP contribution in [0.1, 0.15) is 19.8 Å². The van der Waals surface area contributed by atoms with Gasteiger partial charge < -0.3 is 14.3 Å². The van der Waals surface area contributed by atoms with Gasteiger partial charge in [0.05, 0.1) is 17.3 Å². The van der Waals surface area contributed by atoms with E-state index in [1.807, 2.05) is 6.08 Å². The van der Waals surface area contributed by atoms with Crippen LogP contribution < -0.4 is 0 Å². The molecule has 5 heteroatoms. The molecule has 0 saturated carbocycles. The van der Waals surface area contributed by atoms with E-state index >= 15 is 0 Å². The highest BCUT2D eigenvalue weighted by Crippen LogP contribution is 2.38. The van der Waals surface area contributed by atoms with Gasteiger partial charge in [-0.3, -0.25) is 4.79 Å². The zero-order valence-electron chi connectivity index (χ0n) is 11.2. The average Bonchev–Trinajstić information content (AvgIpc) is 2.18. The molecule has 0 bridgehead atoms. The van der Waals surface area contributed by atoms with Crippen LogP contribution in [0, 0.1) is 5.41 Å². The molecular weight excluding hydrogens is 236 g/mol. The number of aliphatic carboxylic acids is 1. The molecule has 0 amide bonds. The van der Waals surface area contributed by atoms with Crippen LogP contribution in [0.3, 0.4) is 0 Å². The summed E-state index contributed by atoms with van der Waals surface area (Å²) >= 11 is 0. The van der Waals surface area contributed by atoms with Gasteiger partial charge in [0.15, 0.2) is 0 Å². The molecule has 0 heterocycles. The number of carboxylic acid groups (broad SMARTS) is 1. The normalized spacial score (nSPS) is 29.7. The van der Waals surface area contributed by atoms with Crippen LogP contribution >= 0.6 is 0 Å². The number of carbonyl (C=O) groups is 1. The maximum Gasteiger partial charge on any atom is 0.312 e. The molecule has 0 saturated heterocycles. The Morgan fingerprint density at radius 2 is 2.12 bits per heavy atom. The molecule has 2 unspecified atom stereocenters. The standard InChI is InChI=1S/C12H22O4Si/c1-12(11(13)14)7-6-9(8-10(12)15-2)16-17(3,4)5/h8,10H,6-7H2,1-5H3,(H,13,14). The van der Waals surface area contributed by atoms with Gasteiger partial charge in [-0.05, 0) is 39.1 Å². The lowest BCUT2D eigenvalue weighted by Gasteiger charge is -2.36. The summed E-state index contributed by atoms with van der Waals surface area (Å²) in [4.78, 5) is 11.3. The summed E-state index contributed by atoms with van der Waals surface area (Å²) in [6.07, 6.45) is 2.64. The topological polar surface area (TPSA) is 55.8 Å². The van der Waals surface area contributed by atoms with Crippen LogP contribution in [0.25, 0.3) is 0 Å². The van der Waals surface area contributed by atoms with Gasteiger partial charge in [-0.25, -0.2) is 0 Å². The van der Waals surface area contributed by atoms with Gasteiger partial charge in [-0.2, -0.15) is 0 Å². The van der Waals surface area contributed by atoms with Crippen LogP contribution in [0.5, 0.6) is 0 Å². The van der Waals surface area contributed by atoms with Gasteiger partial charge in [0.2, 0.25) is 8.32 Å². The highest BCUT2D eigenvalue weighted by atomic mass is 28.4. The smallest absolute Gasteiger partial charge is 0.312 e. The van der Waals surface area contributed by atoms with E-state index in [-0.39, 0.29) is 0 Å². The quantitative estimate of drug-likeness (QED) is 0.788. The van der Waals surface area contributed by atoms with Gasteiger partial charge in [0.25, 0.3) is 0 Å². The summed E-state index contributed by atoms with van der Waals surface area (Å²) in [5.74, 6) is 0.0717. The van der Waals surface area contributed by atoms with Crippen molar-refractivity contribution in [3.63, 3.8) is 0 Å². The third kappa shape index (κ3) is 3.32. The number of methoxy groups -OCH3 is 1. The molecule has 2 atom stereocenters. The van der Waals surface area contributed by atoms with Crippen molar-refractivity contribution < 1.29 is 19.1 Å². The minimum Gasteiger partial charge on any atom is -0.547 e. The van der Waals surface area contributed by atoms with Gasteiger partial charge in [0, 0.05) is 13.5 Å². The molecule has 0 spiro atoms. The molecule has 98 valence electrons. The Balaban J connectivity index is 2.89. The first kappa shape index (κ1) is 14.2. The van der Waals surface area contributed by atoms with Crippen molar-refractivity contribution >= 4 is 14.3 Å². The Morgan fingerprint density at radius 1 is 1.53 bits per heavy atom. The first-order valence-electron chi connectivity index (χ1n) is 5.85. The van der Waals surface area contributed by atoms with Crippen molar-refractivity contribution in [1.29, 1.82) is 0 Å². The van der Waals surface area contributed by atoms with E-state index in [2.05, 4.69) is 19.6 Å². The Morgan fingerprint density at radius 3 is 2.53 bits per heavy atom. The minimum absolute atomic E-state index is 0.417. The van der Waals surface area contributed by atoms with Crippen LogP contribution in [0.15, 0.2) is 11.8 Å². The maximum atomic E-state index is 11.3. The first-order chi connectivity index (χ1) is 7.69. The lowest BCUT2D eigenvalue weighted by Crippen LogP contribution is -2.43. The highest BCUT2D eigenvalue weighted by Gasteiger charge is 2.44. The monoisotopic (exact) mass is 258 g/mol. The summed E-state index contributed by atoms with van der Waals surface area (Å²) in [5, 5.41) is 9.28. The van der Waals surface area contributed by atoms with Crippen molar-refractivity contribution in [2.45, 2.75) is 45.5 Å². The summed E-state index contributed by atoms with van der Waals surface area (Å²) < 4.78 is 11.2. The second-order valence-corrected chi connectivity index (χ2v) is 10.2. The molecular formula is C12H22O4Si. The molecule has 0 aromatic heterocycles. The van der Waals surface area contributed by atoms with Crippen LogP contribution in [0.4, 0.5) is 0 Å². The van der Waals surface area contributed by atoms with Crippen molar-refractivity contribution in [1.82, 2.24) is 0 Å². The van der Waals surface area contributed by atoms with E-state index in [4.69, 9.17) is 9.16 Å². The molecule has 0 aromatic carbocycles. The van der Waals surface area contributed by atoms with Crippen LogP contribution in [0.2, 0.25) is 19.6 Å². The van der Waals surface area contributed by atoms with E-state index < -0.39 is 25.8 Å². The molecule has 0 fully saturated rings. The van der Waals surface area contributed by atoms with Crippen molar-refractivity contribution in [3.05, 3.63) is 11.8 Å². The molecule has 0 aliphatic heterocycles. The largest absolute Gasteiger partial charge is 0.547 e. The minimum atomic E-state index is -1.63. The van der Waals surface area contributed by atoms with E-state index in [0.29, 0.717) is 12.8 Å². The molecule has 1 N–H and O–H groups in total. The number of hydrogen-bond donors (Lipinski definition) is 1. The summed E-state index contributed by atoms with van der Waals surface area (Å²) in [7, 11) is -0.0903. The van der Waals surface area contributed by atoms with Gasteiger partial charge in [-0.1, -0.05) is 0 Å². The predicted molar refractivity (Wildman–Crippen MR) is 68.3 cm³/mol. The van der Waals surface area contributed by atoms with E-state index in [1.54, 1.807) is 14.0 Å². The number of allylic oxidation sites excluding steroid dienone is 1. The zero-order chi connectivity index (χ0) is 13.3. The summed E-state index contributed by atoms with van der Waals surface area (Å²) in [5.41, 5.74) is -0.846. The molecule has 17 heavy (non-hydrogen) atoms. The van der Waals surface area contributed by atoms with Crippen molar-refractivity contribution in [2.24, 2.45) is 5.41 Å². The maximum absolute atomic E-state index is 11.3. The Bertz CT molecular complexity index is 332. The van der Waals surface area contributed by atoms with Crippen LogP contribution in [-0.2, 0) is 14.0 Å². The lowest BCUT2D eigenvalue weighted by molar-refractivity contribution is -0.155. The second kappa shape index (κ2) is 4.82. The van der Waals surface area contributed by atoms with E-state index in [9.17, 15) is 9.90 Å². The van der Waals surface area contributed by atoms with Crippen LogP contribution in [-0.4, -0.2) is 32.6 Å². The number of ether oxygens (including phenoxy) is 1. The third-order valence-electron chi connectivity index (χ3n) is 3.04. The van der Waals surface area contributed by atoms with Gasteiger partial charge >= 0.3 is 5.97 Å². The fourth-order valence-electron chi connectivity index (χ4n) is 2.00. The lowest BCUT2D eigenvalue weighted by atomic mass is 9.76. The molecule has 1 aliphatic carbocycles. The van der Waals surface area contributed by atoms with Crippen molar-refractivity contribution in [2.75, 3.05) is 7.11 Å². The second-order valence-electron chi connectivity index (χ2n) is 5.73. The number of hydrogen-bond acceptors (Lipinski definition) is 3. The third-order valence-corrected chi connectivity index (χ3v) is 3.91. The summed E-state index contributed by atoms with van der Waals surface area (Å²) in [6.45, 7) is 8.06. The Labute approximate surface area is 104 Å². The fraction of sp³-hybridized carbons (Fsp3) is 0.750. The van der Waals surface area contributed by atoms with E-state index in [1.165, 1.54) is 0 Å². The Hall–Kier alpha value is -0.813.